The van der Waals surface area contributed by atoms with Crippen LogP contribution in [0.3, 0.4) is 0 Å². The van der Waals surface area contributed by atoms with Crippen LogP contribution in [-0.4, -0.2) is 32.4 Å². The van der Waals surface area contributed by atoms with Gasteiger partial charge in [-0.25, -0.2) is 8.42 Å². The van der Waals surface area contributed by atoms with E-state index in [1.54, 1.807) is 25.1 Å². The highest BCUT2D eigenvalue weighted by Gasteiger charge is 2.32. The zero-order valence-corrected chi connectivity index (χ0v) is 17.9. The molecule has 1 amide bonds. The molecule has 2 aromatic rings. The highest BCUT2D eigenvalue weighted by molar-refractivity contribution is 7.92. The maximum absolute atomic E-state index is 12.9. The van der Waals surface area contributed by atoms with Gasteiger partial charge in [0.05, 0.1) is 22.0 Å². The Labute approximate surface area is 174 Å². The van der Waals surface area contributed by atoms with Crippen LogP contribution < -0.4 is 9.62 Å². The molecule has 0 spiro atoms. The van der Waals surface area contributed by atoms with E-state index < -0.39 is 22.0 Å². The van der Waals surface area contributed by atoms with Gasteiger partial charge in [0.1, 0.15) is 6.04 Å². The predicted molar refractivity (Wildman–Crippen MR) is 113 cm³/mol. The van der Waals surface area contributed by atoms with E-state index in [4.69, 9.17) is 23.2 Å². The Hall–Kier alpha value is -2.09. The molecule has 28 heavy (non-hydrogen) atoms. The SMILES string of the molecule is CC[C@@H](C(=O)Nc1cccc(C(C)=O)c1)N(c1ccc(Cl)c(Cl)c1)S(C)(=O)=O. The van der Waals surface area contributed by atoms with Gasteiger partial charge in [-0.15, -0.1) is 0 Å². The Balaban J connectivity index is 2.40. The molecule has 6 nitrogen and oxygen atoms in total. The van der Waals surface area contributed by atoms with Crippen LogP contribution in [0.4, 0.5) is 11.4 Å². The predicted octanol–water partition coefficient (Wildman–Crippen LogP) is 4.38. The van der Waals surface area contributed by atoms with Gasteiger partial charge >= 0.3 is 0 Å². The smallest absolute Gasteiger partial charge is 0.248 e. The first-order valence-electron chi connectivity index (χ1n) is 8.41. The summed E-state index contributed by atoms with van der Waals surface area (Å²) in [5.41, 5.74) is 1.07. The van der Waals surface area contributed by atoms with Gasteiger partial charge in [-0.3, -0.25) is 13.9 Å². The zero-order valence-electron chi connectivity index (χ0n) is 15.6. The number of halogens is 2. The third-order valence-electron chi connectivity index (χ3n) is 4.02. The third kappa shape index (κ3) is 5.25. The van der Waals surface area contributed by atoms with Crippen molar-refractivity contribution in [2.45, 2.75) is 26.3 Å². The Kier molecular flexibility index (Phi) is 7.09. The monoisotopic (exact) mass is 442 g/mol. The second kappa shape index (κ2) is 8.94. The van der Waals surface area contributed by atoms with Crippen molar-refractivity contribution in [1.29, 1.82) is 0 Å². The molecule has 1 atom stereocenters. The summed E-state index contributed by atoms with van der Waals surface area (Å²) in [5, 5.41) is 3.13. The number of ketones is 1. The molecule has 1 N–H and O–H groups in total. The minimum Gasteiger partial charge on any atom is -0.324 e. The molecule has 0 fully saturated rings. The molecule has 0 aromatic heterocycles. The normalized spacial score (nSPS) is 12.3. The van der Waals surface area contributed by atoms with Crippen molar-refractivity contribution < 1.29 is 18.0 Å². The number of nitrogens with zero attached hydrogens (tertiary/aromatic N) is 1. The average Bonchev–Trinajstić information content (AvgIpc) is 2.61. The molecule has 0 saturated carbocycles. The molecule has 0 bridgehead atoms. The number of nitrogens with one attached hydrogen (secondary N) is 1. The highest BCUT2D eigenvalue weighted by Crippen LogP contribution is 2.30. The van der Waals surface area contributed by atoms with Crippen molar-refractivity contribution >= 4 is 56.3 Å². The van der Waals surface area contributed by atoms with Gasteiger partial charge in [0.2, 0.25) is 15.9 Å². The summed E-state index contributed by atoms with van der Waals surface area (Å²) in [6, 6.07) is 9.77. The van der Waals surface area contributed by atoms with Crippen molar-refractivity contribution in [2.24, 2.45) is 0 Å². The fourth-order valence-corrected chi connectivity index (χ4v) is 4.22. The maximum atomic E-state index is 12.9. The number of Topliss-reactive ketones (excluding diaryl/α,β-unsaturated/α-hetero) is 1. The van der Waals surface area contributed by atoms with Gasteiger partial charge in [0, 0.05) is 11.3 Å². The fraction of sp³-hybridized carbons (Fsp3) is 0.263. The molecule has 0 aliphatic carbocycles. The van der Waals surface area contributed by atoms with Crippen molar-refractivity contribution in [3.63, 3.8) is 0 Å². The quantitative estimate of drug-likeness (QED) is 0.644. The highest BCUT2D eigenvalue weighted by atomic mass is 35.5. The number of rotatable bonds is 7. The molecule has 0 aliphatic rings. The summed E-state index contributed by atoms with van der Waals surface area (Å²) in [7, 11) is -3.80. The number of hydrogen-bond acceptors (Lipinski definition) is 4. The Morgan fingerprint density at radius 2 is 1.79 bits per heavy atom. The third-order valence-corrected chi connectivity index (χ3v) is 5.94. The van der Waals surface area contributed by atoms with Gasteiger partial charge in [0.15, 0.2) is 5.78 Å². The molecule has 0 saturated heterocycles. The summed E-state index contributed by atoms with van der Waals surface area (Å²) >= 11 is 11.9. The molecular weight excluding hydrogens is 423 g/mol. The topological polar surface area (TPSA) is 83.6 Å². The second-order valence-electron chi connectivity index (χ2n) is 6.21. The van der Waals surface area contributed by atoms with Crippen LogP contribution in [-0.2, 0) is 14.8 Å². The number of benzene rings is 2. The van der Waals surface area contributed by atoms with Crippen molar-refractivity contribution in [3.05, 3.63) is 58.1 Å². The zero-order chi connectivity index (χ0) is 21.1. The minimum absolute atomic E-state index is 0.142. The van der Waals surface area contributed by atoms with Gasteiger partial charge < -0.3 is 5.32 Å². The summed E-state index contributed by atoms with van der Waals surface area (Å²) in [5.74, 6) is -0.670. The summed E-state index contributed by atoms with van der Waals surface area (Å²) in [6.07, 6.45) is 1.23. The van der Waals surface area contributed by atoms with Crippen molar-refractivity contribution in [2.75, 3.05) is 15.9 Å². The lowest BCUT2D eigenvalue weighted by Gasteiger charge is -2.30. The standard InChI is InChI=1S/C19H20Cl2N2O4S/c1-4-18(19(25)22-14-7-5-6-13(10-14)12(2)24)23(28(3,26)27)15-8-9-16(20)17(21)11-15/h5-11,18H,4H2,1-3H3,(H,22,25)/t18-/m0/s1. The molecule has 150 valence electrons. The molecule has 0 radical (unpaired) electrons. The molecule has 0 aliphatic heterocycles. The van der Waals surface area contributed by atoms with E-state index in [1.165, 1.54) is 31.2 Å². The lowest BCUT2D eigenvalue weighted by Crippen LogP contribution is -2.47. The first-order valence-corrected chi connectivity index (χ1v) is 11.0. The number of sulfonamides is 1. The van der Waals surface area contributed by atoms with Crippen LogP contribution in [0, 0.1) is 0 Å². The van der Waals surface area contributed by atoms with Gasteiger partial charge in [-0.05, 0) is 43.7 Å². The Morgan fingerprint density at radius 1 is 1.11 bits per heavy atom. The van der Waals surface area contributed by atoms with Crippen LogP contribution >= 0.6 is 23.2 Å². The summed E-state index contributed by atoms with van der Waals surface area (Å²) in [6.45, 7) is 3.12. The average molecular weight is 443 g/mol. The van der Waals surface area contributed by atoms with Crippen LogP contribution in [0.2, 0.25) is 10.0 Å². The van der Waals surface area contributed by atoms with Crippen LogP contribution in [0.5, 0.6) is 0 Å². The van der Waals surface area contributed by atoms with Crippen LogP contribution in [0.25, 0.3) is 0 Å². The first kappa shape index (κ1) is 22.2. The largest absolute Gasteiger partial charge is 0.324 e. The summed E-state index contributed by atoms with van der Waals surface area (Å²) in [4.78, 5) is 24.4. The number of anilines is 2. The lowest BCUT2D eigenvalue weighted by atomic mass is 10.1. The Bertz CT molecular complexity index is 1010. The van der Waals surface area contributed by atoms with E-state index in [0.717, 1.165) is 10.6 Å². The van der Waals surface area contributed by atoms with E-state index in [1.807, 2.05) is 0 Å². The van der Waals surface area contributed by atoms with Crippen LogP contribution in [0.15, 0.2) is 42.5 Å². The fourth-order valence-electron chi connectivity index (χ4n) is 2.72. The van der Waals surface area contributed by atoms with E-state index in [0.29, 0.717) is 11.3 Å². The molecule has 0 unspecified atom stereocenters. The molecule has 9 heteroatoms. The van der Waals surface area contributed by atoms with E-state index in [-0.39, 0.29) is 27.9 Å². The van der Waals surface area contributed by atoms with E-state index >= 15 is 0 Å². The van der Waals surface area contributed by atoms with E-state index in [2.05, 4.69) is 5.32 Å². The number of carbonyl (C=O) groups is 2. The molecule has 2 aromatic carbocycles. The van der Waals surface area contributed by atoms with Crippen LogP contribution in [0.1, 0.15) is 30.6 Å². The lowest BCUT2D eigenvalue weighted by molar-refractivity contribution is -0.117. The Morgan fingerprint density at radius 3 is 2.32 bits per heavy atom. The molecule has 2 rings (SSSR count). The first-order chi connectivity index (χ1) is 13.0. The summed E-state index contributed by atoms with van der Waals surface area (Å²) < 4.78 is 25.9. The van der Waals surface area contributed by atoms with E-state index in [9.17, 15) is 18.0 Å². The minimum atomic E-state index is -3.80. The number of amides is 1. The van der Waals surface area contributed by atoms with Crippen molar-refractivity contribution in [1.82, 2.24) is 0 Å². The maximum Gasteiger partial charge on any atom is 0.248 e. The van der Waals surface area contributed by atoms with Gasteiger partial charge in [0.25, 0.3) is 0 Å². The number of carbonyl (C=O) groups excluding carboxylic acids is 2. The molecular formula is C19H20Cl2N2O4S. The second-order valence-corrected chi connectivity index (χ2v) is 8.88. The molecule has 0 heterocycles. The van der Waals surface area contributed by atoms with Gasteiger partial charge in [-0.2, -0.15) is 0 Å². The van der Waals surface area contributed by atoms with Gasteiger partial charge in [-0.1, -0.05) is 42.3 Å². The number of hydrogen-bond donors (Lipinski definition) is 1. The van der Waals surface area contributed by atoms with Crippen molar-refractivity contribution in [3.8, 4) is 0 Å².